The average molecular weight is 499 g/mol. The summed E-state index contributed by atoms with van der Waals surface area (Å²) in [4.78, 5) is 47.3. The predicted molar refractivity (Wildman–Crippen MR) is 135 cm³/mol. The van der Waals surface area contributed by atoms with Crippen molar-refractivity contribution in [3.05, 3.63) is 40.9 Å². The van der Waals surface area contributed by atoms with Crippen molar-refractivity contribution >= 4 is 34.2 Å². The number of benzene rings is 1. The lowest BCUT2D eigenvalue weighted by Crippen LogP contribution is -2.45. The summed E-state index contributed by atoms with van der Waals surface area (Å²) in [6.45, 7) is 5.67. The molecule has 3 heterocycles. The van der Waals surface area contributed by atoms with Gasteiger partial charge >= 0.3 is 0 Å². The highest BCUT2D eigenvalue weighted by molar-refractivity contribution is 7.13. The zero-order valence-corrected chi connectivity index (χ0v) is 21.5. The summed E-state index contributed by atoms with van der Waals surface area (Å²) < 4.78 is 5.29. The minimum absolute atomic E-state index is 0.00701. The van der Waals surface area contributed by atoms with E-state index in [-0.39, 0.29) is 36.1 Å². The largest absolute Gasteiger partial charge is 0.497 e. The van der Waals surface area contributed by atoms with Crippen LogP contribution in [0, 0.1) is 18.8 Å². The Balaban J connectivity index is 1.43. The first-order valence-electron chi connectivity index (χ1n) is 12.4. The average Bonchev–Trinajstić information content (AvgIpc) is 3.44. The molecule has 2 saturated heterocycles. The van der Waals surface area contributed by atoms with Crippen LogP contribution in [0.2, 0.25) is 0 Å². The second-order valence-electron chi connectivity index (χ2n) is 9.35. The fourth-order valence-corrected chi connectivity index (χ4v) is 5.72. The SMILES string of the molecule is CCCCN1C(=O)CC(C(=O)N2CCC(C(=O)Nc3nc(C)cs3)CC2)C1c1ccc(OC)cc1. The molecule has 0 aliphatic carbocycles. The van der Waals surface area contributed by atoms with E-state index in [1.807, 2.05) is 46.4 Å². The van der Waals surface area contributed by atoms with Crippen LogP contribution < -0.4 is 10.1 Å². The molecular weight excluding hydrogens is 464 g/mol. The van der Waals surface area contributed by atoms with E-state index in [4.69, 9.17) is 4.74 Å². The molecule has 2 aromatic rings. The summed E-state index contributed by atoms with van der Waals surface area (Å²) in [5, 5.41) is 5.43. The standard InChI is InChI=1S/C26H34N4O4S/c1-4-5-12-30-22(31)15-21(23(30)18-6-8-20(34-3)9-7-18)25(33)29-13-10-19(11-14-29)24(32)28-26-27-17(2)16-35-26/h6-9,16,19,21,23H,4-5,10-15H2,1-3H3,(H,27,28,32). The Labute approximate surface area is 210 Å². The molecule has 2 aliphatic rings. The van der Waals surface area contributed by atoms with Gasteiger partial charge in [0, 0.05) is 37.4 Å². The molecule has 2 atom stereocenters. The van der Waals surface area contributed by atoms with E-state index in [0.29, 0.717) is 37.6 Å². The van der Waals surface area contributed by atoms with Crippen molar-refractivity contribution in [3.63, 3.8) is 0 Å². The molecule has 0 bridgehead atoms. The predicted octanol–water partition coefficient (Wildman–Crippen LogP) is 4.03. The van der Waals surface area contributed by atoms with Gasteiger partial charge in [0.15, 0.2) is 5.13 Å². The van der Waals surface area contributed by atoms with Crippen molar-refractivity contribution in [2.45, 2.75) is 52.0 Å². The number of anilines is 1. The smallest absolute Gasteiger partial charge is 0.229 e. The Morgan fingerprint density at radius 3 is 2.51 bits per heavy atom. The summed E-state index contributed by atoms with van der Waals surface area (Å²) >= 11 is 1.42. The fourth-order valence-electron chi connectivity index (χ4n) is 5.03. The molecule has 1 N–H and O–H groups in total. The lowest BCUT2D eigenvalue weighted by atomic mass is 9.90. The third-order valence-electron chi connectivity index (χ3n) is 6.99. The number of carbonyl (C=O) groups is 3. The van der Waals surface area contributed by atoms with Crippen LogP contribution in [0.1, 0.15) is 56.3 Å². The summed E-state index contributed by atoms with van der Waals surface area (Å²) in [6, 6.07) is 7.40. The molecule has 0 saturated carbocycles. The van der Waals surface area contributed by atoms with Crippen molar-refractivity contribution in [3.8, 4) is 5.75 Å². The molecule has 2 unspecified atom stereocenters. The number of methoxy groups -OCH3 is 1. The molecule has 9 heteroatoms. The minimum Gasteiger partial charge on any atom is -0.497 e. The molecule has 1 aromatic heterocycles. The minimum atomic E-state index is -0.420. The highest BCUT2D eigenvalue weighted by Gasteiger charge is 2.46. The fraction of sp³-hybridized carbons (Fsp3) is 0.538. The van der Waals surface area contributed by atoms with Gasteiger partial charge in [-0.25, -0.2) is 4.98 Å². The number of hydrogen-bond acceptors (Lipinski definition) is 6. The first-order chi connectivity index (χ1) is 16.9. The number of likely N-dealkylation sites (tertiary alicyclic amines) is 2. The molecule has 2 fully saturated rings. The van der Waals surface area contributed by atoms with Gasteiger partial charge < -0.3 is 19.9 Å². The number of hydrogen-bond donors (Lipinski definition) is 1. The maximum absolute atomic E-state index is 13.7. The Hall–Kier alpha value is -2.94. The number of nitrogens with one attached hydrogen (secondary N) is 1. The third kappa shape index (κ3) is 5.66. The van der Waals surface area contributed by atoms with Crippen molar-refractivity contribution in [1.29, 1.82) is 0 Å². The summed E-state index contributed by atoms with van der Waals surface area (Å²) in [5.74, 6) is 0.181. The van der Waals surface area contributed by atoms with Crippen LogP contribution >= 0.6 is 11.3 Å². The Morgan fingerprint density at radius 1 is 1.20 bits per heavy atom. The van der Waals surface area contributed by atoms with Crippen LogP contribution in [-0.4, -0.2) is 59.2 Å². The van der Waals surface area contributed by atoms with Gasteiger partial charge in [-0.1, -0.05) is 25.5 Å². The van der Waals surface area contributed by atoms with Gasteiger partial charge in [-0.15, -0.1) is 11.3 Å². The number of thiazole rings is 1. The molecule has 2 aliphatic heterocycles. The van der Waals surface area contributed by atoms with Crippen LogP contribution in [0.3, 0.4) is 0 Å². The van der Waals surface area contributed by atoms with E-state index < -0.39 is 5.92 Å². The van der Waals surface area contributed by atoms with Crippen LogP contribution in [0.15, 0.2) is 29.6 Å². The van der Waals surface area contributed by atoms with E-state index in [9.17, 15) is 14.4 Å². The second-order valence-corrected chi connectivity index (χ2v) is 10.2. The Morgan fingerprint density at radius 2 is 1.91 bits per heavy atom. The van der Waals surface area contributed by atoms with Gasteiger partial charge in [-0.2, -0.15) is 0 Å². The quantitative estimate of drug-likeness (QED) is 0.593. The van der Waals surface area contributed by atoms with Gasteiger partial charge in [-0.3, -0.25) is 14.4 Å². The second kappa shape index (κ2) is 11.2. The van der Waals surface area contributed by atoms with Gasteiger partial charge in [-0.05, 0) is 43.9 Å². The van der Waals surface area contributed by atoms with E-state index in [1.165, 1.54) is 11.3 Å². The van der Waals surface area contributed by atoms with Crippen molar-refractivity contribution in [2.24, 2.45) is 11.8 Å². The lowest BCUT2D eigenvalue weighted by Gasteiger charge is -2.35. The normalized spacial score (nSPS) is 20.8. The highest BCUT2D eigenvalue weighted by atomic mass is 32.1. The van der Waals surface area contributed by atoms with Gasteiger partial charge in [0.25, 0.3) is 0 Å². The first kappa shape index (κ1) is 25.2. The van der Waals surface area contributed by atoms with E-state index in [2.05, 4.69) is 17.2 Å². The maximum Gasteiger partial charge on any atom is 0.229 e. The van der Waals surface area contributed by atoms with Gasteiger partial charge in [0.05, 0.1) is 24.8 Å². The molecule has 35 heavy (non-hydrogen) atoms. The molecule has 3 amide bonds. The van der Waals surface area contributed by atoms with Crippen molar-refractivity contribution < 1.29 is 19.1 Å². The van der Waals surface area contributed by atoms with Crippen LogP contribution in [0.5, 0.6) is 5.75 Å². The summed E-state index contributed by atoms with van der Waals surface area (Å²) in [5.41, 5.74) is 1.84. The topological polar surface area (TPSA) is 91.8 Å². The van der Waals surface area contributed by atoms with E-state index in [0.717, 1.165) is 29.8 Å². The number of aryl methyl sites for hydroxylation is 1. The molecule has 0 radical (unpaired) electrons. The molecule has 4 rings (SSSR count). The molecule has 1 aromatic carbocycles. The molecular formula is C26H34N4O4S. The molecule has 188 valence electrons. The summed E-state index contributed by atoms with van der Waals surface area (Å²) in [7, 11) is 1.62. The Kier molecular flexibility index (Phi) is 8.05. The van der Waals surface area contributed by atoms with Gasteiger partial charge in [0.2, 0.25) is 17.7 Å². The number of piperidine rings is 1. The number of unbranched alkanes of at least 4 members (excludes halogenated alkanes) is 1. The highest BCUT2D eigenvalue weighted by Crippen LogP contribution is 2.40. The number of ether oxygens (including phenoxy) is 1. The molecule has 0 spiro atoms. The molecule has 8 nitrogen and oxygen atoms in total. The van der Waals surface area contributed by atoms with E-state index in [1.54, 1.807) is 7.11 Å². The van der Waals surface area contributed by atoms with Crippen LogP contribution in [0.4, 0.5) is 5.13 Å². The Bertz CT molecular complexity index is 1050. The number of aromatic nitrogens is 1. The number of carbonyl (C=O) groups excluding carboxylic acids is 3. The van der Waals surface area contributed by atoms with Crippen molar-refractivity contribution in [1.82, 2.24) is 14.8 Å². The van der Waals surface area contributed by atoms with Crippen molar-refractivity contribution in [2.75, 3.05) is 32.1 Å². The number of amides is 3. The zero-order valence-electron chi connectivity index (χ0n) is 20.7. The van der Waals surface area contributed by atoms with Gasteiger partial charge in [0.1, 0.15) is 5.75 Å². The zero-order chi connectivity index (χ0) is 24.9. The summed E-state index contributed by atoms with van der Waals surface area (Å²) in [6.07, 6.45) is 3.32. The first-order valence-corrected chi connectivity index (χ1v) is 13.2. The van der Waals surface area contributed by atoms with Crippen LogP contribution in [-0.2, 0) is 14.4 Å². The monoisotopic (exact) mass is 498 g/mol. The third-order valence-corrected chi connectivity index (χ3v) is 7.86. The lowest BCUT2D eigenvalue weighted by molar-refractivity contribution is -0.139. The van der Waals surface area contributed by atoms with E-state index >= 15 is 0 Å². The maximum atomic E-state index is 13.7. The van der Waals surface area contributed by atoms with Crippen LogP contribution in [0.25, 0.3) is 0 Å². The number of rotatable bonds is 8. The number of nitrogens with zero attached hydrogens (tertiary/aromatic N) is 3.